The molecule has 0 spiro atoms. The molecule has 3 atom stereocenters. The molecule has 9 heteroatoms. The Labute approximate surface area is 214 Å². The molecule has 2 amide bonds. The predicted molar refractivity (Wildman–Crippen MR) is 135 cm³/mol. The molecule has 2 heterocycles. The number of rotatable bonds is 11. The normalized spacial score (nSPS) is 21.2. The Balaban J connectivity index is 1.59. The maximum atomic E-state index is 13.5. The van der Waals surface area contributed by atoms with Crippen LogP contribution >= 0.6 is 0 Å². The average molecular weight is 507 g/mol. The van der Waals surface area contributed by atoms with Crippen molar-refractivity contribution in [1.82, 2.24) is 10.2 Å². The van der Waals surface area contributed by atoms with Crippen molar-refractivity contribution in [3.8, 4) is 5.75 Å². The van der Waals surface area contributed by atoms with Crippen LogP contribution in [0.2, 0.25) is 0 Å². The molecular weight excluding hydrogens is 464 g/mol. The summed E-state index contributed by atoms with van der Waals surface area (Å²) in [6.45, 7) is 10.8. The first kappa shape index (κ1) is 28.2. The zero-order valence-electron chi connectivity index (χ0n) is 22.1. The summed E-state index contributed by atoms with van der Waals surface area (Å²) in [5, 5.41) is 2.76. The number of hydrogen-bond donors (Lipinski definition) is 1. The molecule has 0 radical (unpaired) electrons. The van der Waals surface area contributed by atoms with E-state index in [0.29, 0.717) is 44.2 Å². The number of carbonyl (C=O) groups is 2. The second kappa shape index (κ2) is 13.8. The summed E-state index contributed by atoms with van der Waals surface area (Å²) in [5.74, 6) is 0.475. The number of likely N-dealkylation sites (tertiary alicyclic amines) is 1. The van der Waals surface area contributed by atoms with Gasteiger partial charge in [0, 0.05) is 26.3 Å². The molecule has 2 aliphatic rings. The van der Waals surface area contributed by atoms with E-state index in [1.807, 2.05) is 0 Å². The summed E-state index contributed by atoms with van der Waals surface area (Å²) >= 11 is 0. The van der Waals surface area contributed by atoms with Crippen molar-refractivity contribution >= 4 is 12.0 Å². The van der Waals surface area contributed by atoms with Crippen LogP contribution in [0.3, 0.4) is 0 Å². The Bertz CT molecular complexity index is 818. The molecule has 2 fully saturated rings. The molecule has 2 saturated heterocycles. The van der Waals surface area contributed by atoms with Crippen LogP contribution in [0.5, 0.6) is 5.75 Å². The van der Waals surface area contributed by atoms with Gasteiger partial charge in [0.2, 0.25) is 5.91 Å². The Morgan fingerprint density at radius 1 is 1.08 bits per heavy atom. The zero-order chi connectivity index (χ0) is 26.0. The molecule has 2 aliphatic heterocycles. The molecule has 36 heavy (non-hydrogen) atoms. The van der Waals surface area contributed by atoms with Gasteiger partial charge < -0.3 is 33.9 Å². The predicted octanol–water partition coefficient (Wildman–Crippen LogP) is 4.20. The lowest BCUT2D eigenvalue weighted by Crippen LogP contribution is -2.44. The number of hydrogen-bond acceptors (Lipinski definition) is 7. The van der Waals surface area contributed by atoms with Gasteiger partial charge in [0.05, 0.1) is 12.7 Å². The molecule has 1 unspecified atom stereocenters. The van der Waals surface area contributed by atoms with Crippen molar-refractivity contribution < 1.29 is 33.3 Å². The van der Waals surface area contributed by atoms with Gasteiger partial charge in [-0.25, -0.2) is 4.79 Å². The summed E-state index contributed by atoms with van der Waals surface area (Å²) in [5.41, 5.74) is -0.0182. The van der Waals surface area contributed by atoms with E-state index in [4.69, 9.17) is 23.7 Å². The Morgan fingerprint density at radius 2 is 1.86 bits per heavy atom. The fraction of sp³-hybridized carbons (Fsp3) is 0.704. The minimum absolute atomic E-state index is 0.0214. The Kier molecular flexibility index (Phi) is 10.8. The van der Waals surface area contributed by atoms with Crippen molar-refractivity contribution in [1.29, 1.82) is 0 Å². The van der Waals surface area contributed by atoms with E-state index >= 15 is 0 Å². The Hall–Kier alpha value is -2.36. The first-order valence-electron chi connectivity index (χ1n) is 13.1. The summed E-state index contributed by atoms with van der Waals surface area (Å²) in [4.78, 5) is 27.8. The van der Waals surface area contributed by atoms with Gasteiger partial charge in [-0.2, -0.15) is 0 Å². The molecule has 0 aliphatic carbocycles. The van der Waals surface area contributed by atoms with Gasteiger partial charge in [0.25, 0.3) is 0 Å². The molecule has 1 N–H and O–H groups in total. The van der Waals surface area contributed by atoms with Gasteiger partial charge in [-0.15, -0.1) is 0 Å². The quantitative estimate of drug-likeness (QED) is 0.449. The maximum Gasteiger partial charge on any atom is 0.408 e. The molecule has 1 aromatic rings. The number of carbonyl (C=O) groups excluding carboxylic acids is 2. The van der Waals surface area contributed by atoms with Crippen LogP contribution in [-0.2, 0) is 23.7 Å². The average Bonchev–Trinajstić information content (AvgIpc) is 3.33. The second-order valence-corrected chi connectivity index (χ2v) is 10.2. The van der Waals surface area contributed by atoms with Gasteiger partial charge >= 0.3 is 6.09 Å². The van der Waals surface area contributed by atoms with Crippen molar-refractivity contribution in [2.45, 2.75) is 83.8 Å². The Morgan fingerprint density at radius 3 is 2.53 bits per heavy atom. The van der Waals surface area contributed by atoms with Crippen LogP contribution in [0.4, 0.5) is 4.79 Å². The van der Waals surface area contributed by atoms with Crippen molar-refractivity contribution in [2.24, 2.45) is 0 Å². The van der Waals surface area contributed by atoms with E-state index in [1.54, 1.807) is 49.9 Å². The lowest BCUT2D eigenvalue weighted by molar-refractivity contribution is -0.165. The van der Waals surface area contributed by atoms with Gasteiger partial charge in [0.1, 0.15) is 24.0 Å². The van der Waals surface area contributed by atoms with Gasteiger partial charge in [0.15, 0.2) is 6.29 Å². The minimum atomic E-state index is -0.870. The fourth-order valence-corrected chi connectivity index (χ4v) is 4.18. The van der Waals surface area contributed by atoms with Gasteiger partial charge in [-0.05, 0) is 70.6 Å². The van der Waals surface area contributed by atoms with Crippen LogP contribution in [0.25, 0.3) is 0 Å². The largest absolute Gasteiger partial charge is 0.491 e. The van der Waals surface area contributed by atoms with Crippen LogP contribution in [0, 0.1) is 0 Å². The smallest absolute Gasteiger partial charge is 0.408 e. The number of nitrogens with one attached hydrogen (secondary N) is 1. The lowest BCUT2D eigenvalue weighted by atomic mass is 10.1. The number of alkyl carbamates (subject to hydrolysis) is 1. The van der Waals surface area contributed by atoms with E-state index in [1.165, 1.54) is 0 Å². The first-order chi connectivity index (χ1) is 17.2. The van der Waals surface area contributed by atoms with E-state index in [0.717, 1.165) is 38.7 Å². The number of benzene rings is 1. The van der Waals surface area contributed by atoms with E-state index < -0.39 is 17.7 Å². The third kappa shape index (κ3) is 9.26. The summed E-state index contributed by atoms with van der Waals surface area (Å²) in [6, 6.07) is 6.30. The van der Waals surface area contributed by atoms with Crippen LogP contribution in [0.15, 0.2) is 24.3 Å². The van der Waals surface area contributed by atoms with E-state index in [9.17, 15) is 9.59 Å². The SMILES string of the molecule is CCCO[C@H]1CCN(C(=O)[C@@H](NC(=O)OC(C)(C)C)c2ccc(OCCOC3CCCCO3)cc2)C1. The van der Waals surface area contributed by atoms with Crippen LogP contribution in [0.1, 0.15) is 71.4 Å². The first-order valence-corrected chi connectivity index (χ1v) is 13.1. The maximum absolute atomic E-state index is 13.5. The highest BCUT2D eigenvalue weighted by molar-refractivity contribution is 5.87. The lowest BCUT2D eigenvalue weighted by Gasteiger charge is -2.27. The highest BCUT2D eigenvalue weighted by Gasteiger charge is 2.34. The number of nitrogens with zero attached hydrogens (tertiary/aromatic N) is 1. The van der Waals surface area contributed by atoms with Crippen molar-refractivity contribution in [3.63, 3.8) is 0 Å². The van der Waals surface area contributed by atoms with Crippen molar-refractivity contribution in [3.05, 3.63) is 29.8 Å². The van der Waals surface area contributed by atoms with E-state index in [-0.39, 0.29) is 18.3 Å². The topological polar surface area (TPSA) is 95.6 Å². The zero-order valence-corrected chi connectivity index (χ0v) is 22.1. The number of ether oxygens (including phenoxy) is 5. The standard InChI is InChI=1S/C27H42N2O7/c1-5-15-32-22-13-14-29(19-22)25(30)24(28-26(31)36-27(2,3)4)20-9-11-21(12-10-20)33-17-18-35-23-8-6-7-16-34-23/h9-12,22-24H,5-8,13-19H2,1-4H3,(H,28,31)/t22-,23?,24-/m0/s1. The molecular formula is C27H42N2O7. The third-order valence-corrected chi connectivity index (χ3v) is 5.93. The van der Waals surface area contributed by atoms with Gasteiger partial charge in [-0.3, -0.25) is 4.79 Å². The van der Waals surface area contributed by atoms with E-state index in [2.05, 4.69) is 12.2 Å². The summed E-state index contributed by atoms with van der Waals surface area (Å²) in [7, 11) is 0. The molecule has 0 aromatic heterocycles. The molecule has 0 saturated carbocycles. The summed E-state index contributed by atoms with van der Waals surface area (Å²) in [6.07, 6.45) is 4.07. The molecule has 202 valence electrons. The molecule has 3 rings (SSSR count). The minimum Gasteiger partial charge on any atom is -0.491 e. The second-order valence-electron chi connectivity index (χ2n) is 10.2. The number of amides is 2. The monoisotopic (exact) mass is 506 g/mol. The molecule has 0 bridgehead atoms. The van der Waals surface area contributed by atoms with Gasteiger partial charge in [-0.1, -0.05) is 19.1 Å². The van der Waals surface area contributed by atoms with Crippen LogP contribution in [-0.4, -0.2) is 74.4 Å². The van der Waals surface area contributed by atoms with Crippen molar-refractivity contribution in [2.75, 3.05) is 39.5 Å². The highest BCUT2D eigenvalue weighted by Crippen LogP contribution is 2.24. The fourth-order valence-electron chi connectivity index (χ4n) is 4.18. The highest BCUT2D eigenvalue weighted by atomic mass is 16.7. The van der Waals surface area contributed by atoms with Crippen LogP contribution < -0.4 is 10.1 Å². The third-order valence-electron chi connectivity index (χ3n) is 5.93. The molecule has 1 aromatic carbocycles. The molecule has 9 nitrogen and oxygen atoms in total. The summed E-state index contributed by atoms with van der Waals surface area (Å²) < 4.78 is 28.3.